The summed E-state index contributed by atoms with van der Waals surface area (Å²) in [5.41, 5.74) is 4.40. The minimum absolute atomic E-state index is 0.0506. The summed E-state index contributed by atoms with van der Waals surface area (Å²) in [6.45, 7) is 7.32. The fourth-order valence-corrected chi connectivity index (χ4v) is 3.35. The third-order valence-corrected chi connectivity index (χ3v) is 4.86. The molecule has 4 nitrogen and oxygen atoms in total. The summed E-state index contributed by atoms with van der Waals surface area (Å²) >= 11 is 8.74. The molecular weight excluding hydrogens is 376 g/mol. The molecule has 0 saturated heterocycles. The lowest BCUT2D eigenvalue weighted by Gasteiger charge is -2.25. The van der Waals surface area contributed by atoms with Crippen LogP contribution < -0.4 is 5.73 Å². The van der Waals surface area contributed by atoms with Gasteiger partial charge in [-0.3, -0.25) is 0 Å². The Balaban J connectivity index is 0. The van der Waals surface area contributed by atoms with Crippen molar-refractivity contribution in [1.29, 1.82) is 0 Å². The molecule has 0 radical (unpaired) electrons. The number of nitrogens with two attached hydrogens (primary N) is 1. The first-order chi connectivity index (χ1) is 12.8. The fourth-order valence-electron chi connectivity index (χ4n) is 3.05. The van der Waals surface area contributed by atoms with Crippen LogP contribution >= 0.6 is 24.4 Å². The monoisotopic (exact) mass is 420 g/mol. The van der Waals surface area contributed by atoms with Crippen molar-refractivity contribution in [2.24, 2.45) is 5.73 Å². The van der Waals surface area contributed by atoms with E-state index in [-0.39, 0.29) is 5.17 Å². The normalized spacial score (nSPS) is 10.4. The molecule has 4 N–H and O–H groups in total. The Labute approximate surface area is 178 Å². The molecule has 0 aromatic carbocycles. The van der Waals surface area contributed by atoms with Gasteiger partial charge in [-0.25, -0.2) is 0 Å². The lowest BCUT2D eigenvalue weighted by molar-refractivity contribution is 0.288. The lowest BCUT2D eigenvalue weighted by atomic mass is 10.0. The molecule has 0 amide bonds. The van der Waals surface area contributed by atoms with Crippen LogP contribution in [-0.4, -0.2) is 38.0 Å². The lowest BCUT2D eigenvalue weighted by Crippen LogP contribution is -2.36. The smallest absolute Gasteiger partial charge is 0.257 e. The highest BCUT2D eigenvalue weighted by Gasteiger charge is 2.10. The first kappa shape index (κ1) is 28.6. The van der Waals surface area contributed by atoms with Crippen molar-refractivity contribution in [3.63, 3.8) is 0 Å². The largest absolute Gasteiger partial charge is 0.487 e. The first-order valence-corrected chi connectivity index (χ1v) is 11.6. The van der Waals surface area contributed by atoms with Crippen LogP contribution in [0.1, 0.15) is 111 Å². The van der Waals surface area contributed by atoms with Gasteiger partial charge in [0.2, 0.25) is 0 Å². The van der Waals surface area contributed by atoms with E-state index in [0.29, 0.717) is 6.04 Å². The predicted octanol–water partition coefficient (Wildman–Crippen LogP) is 6.81. The van der Waals surface area contributed by atoms with Gasteiger partial charge in [-0.2, -0.15) is 0 Å². The molecule has 0 fully saturated rings. The van der Waals surface area contributed by atoms with Crippen LogP contribution in [0.2, 0.25) is 0 Å². The summed E-state index contributed by atoms with van der Waals surface area (Å²) < 4.78 is 0. The van der Waals surface area contributed by atoms with Crippen molar-refractivity contribution in [2.75, 3.05) is 6.54 Å². The minimum Gasteiger partial charge on any atom is -0.487 e. The quantitative estimate of drug-likeness (QED) is 0.188. The highest BCUT2D eigenvalue weighted by Crippen LogP contribution is 2.13. The van der Waals surface area contributed by atoms with Gasteiger partial charge in [-0.1, -0.05) is 90.4 Å². The molecule has 0 aromatic heterocycles. The molecule has 0 aromatic rings. The van der Waals surface area contributed by atoms with Gasteiger partial charge in [0, 0.05) is 12.6 Å². The molecule has 0 spiro atoms. The summed E-state index contributed by atoms with van der Waals surface area (Å²) in [4.78, 5) is 1.91. The highest BCUT2D eigenvalue weighted by molar-refractivity contribution is 7.80. The van der Waals surface area contributed by atoms with Gasteiger partial charge in [0.15, 0.2) is 0 Å². The number of aliphatic hydroxyl groups excluding tert-OH is 2. The zero-order valence-corrected chi connectivity index (χ0v) is 19.6. The van der Waals surface area contributed by atoms with Crippen LogP contribution in [-0.2, 0) is 0 Å². The molecule has 0 unspecified atom stereocenters. The zero-order chi connectivity index (χ0) is 20.9. The number of hydrogen-bond acceptors (Lipinski definition) is 2. The van der Waals surface area contributed by atoms with Crippen molar-refractivity contribution >= 4 is 34.8 Å². The third kappa shape index (κ3) is 25.4. The van der Waals surface area contributed by atoms with Gasteiger partial charge < -0.3 is 20.8 Å². The van der Waals surface area contributed by atoms with Gasteiger partial charge in [0.05, 0.1) is 0 Å². The molecule has 0 atom stereocenters. The molecule has 6 heteroatoms. The summed E-state index contributed by atoms with van der Waals surface area (Å²) in [6, 6.07) is 0.300. The second-order valence-electron chi connectivity index (χ2n) is 7.50. The van der Waals surface area contributed by atoms with Gasteiger partial charge in [0.25, 0.3) is 10.3 Å². The van der Waals surface area contributed by atoms with E-state index in [2.05, 4.69) is 38.7 Å². The van der Waals surface area contributed by atoms with E-state index in [1.54, 1.807) is 0 Å². The molecule has 0 aliphatic heterocycles. The highest BCUT2D eigenvalue weighted by atomic mass is 32.1. The number of rotatable bonds is 16. The summed E-state index contributed by atoms with van der Waals surface area (Å²) in [5, 5.41) is 16.6. The Morgan fingerprint density at radius 1 is 0.741 bits per heavy atom. The Bertz CT molecular complexity index is 349. The van der Waals surface area contributed by atoms with E-state index >= 15 is 0 Å². The van der Waals surface area contributed by atoms with E-state index in [0.717, 1.165) is 13.0 Å². The fraction of sp³-hybridized carbons (Fsp3) is 0.905. The average Bonchev–Trinajstić information content (AvgIpc) is 2.57. The molecule has 0 aliphatic rings. The molecular formula is C21H44N2O2S2. The van der Waals surface area contributed by atoms with E-state index in [1.165, 1.54) is 83.5 Å². The maximum absolute atomic E-state index is 9.44. The van der Waals surface area contributed by atoms with Crippen LogP contribution in [0, 0.1) is 0 Å². The number of hydrogen-bond donors (Lipinski definition) is 3. The maximum Gasteiger partial charge on any atom is 0.257 e. The zero-order valence-electron chi connectivity index (χ0n) is 17.9. The van der Waals surface area contributed by atoms with Crippen molar-refractivity contribution in [3.05, 3.63) is 0 Å². The summed E-state index contributed by atoms with van der Waals surface area (Å²) in [6.07, 6.45) is 19.3. The van der Waals surface area contributed by atoms with Gasteiger partial charge in [-0.15, -0.1) is 0 Å². The Hall–Kier alpha value is -0.620. The second kappa shape index (κ2) is 21.7. The van der Waals surface area contributed by atoms with Crippen LogP contribution in [0.15, 0.2) is 0 Å². The maximum atomic E-state index is 9.44. The van der Waals surface area contributed by atoms with Crippen LogP contribution in [0.25, 0.3) is 0 Å². The molecule has 162 valence electrons. The third-order valence-electron chi connectivity index (χ3n) is 4.62. The Morgan fingerprint density at radius 2 is 1.04 bits per heavy atom. The van der Waals surface area contributed by atoms with Crippen molar-refractivity contribution in [3.8, 4) is 0 Å². The Kier molecular flexibility index (Phi) is 23.0. The predicted molar refractivity (Wildman–Crippen MR) is 127 cm³/mol. The number of thiocarbonyl (C=S) groups is 2. The van der Waals surface area contributed by atoms with Gasteiger partial charge >= 0.3 is 0 Å². The molecule has 0 aliphatic carbocycles. The minimum atomic E-state index is -0.500. The van der Waals surface area contributed by atoms with Crippen LogP contribution in [0.5, 0.6) is 0 Å². The molecule has 0 bridgehead atoms. The summed E-state index contributed by atoms with van der Waals surface area (Å²) in [5.74, 6) is 0. The summed E-state index contributed by atoms with van der Waals surface area (Å²) in [7, 11) is 0. The Morgan fingerprint density at radius 3 is 1.30 bits per heavy atom. The number of unbranched alkanes of at least 4 members (excludes halogenated alkanes) is 13. The molecule has 0 saturated carbocycles. The molecule has 0 heterocycles. The number of nitrogens with zero attached hydrogens (tertiary/aromatic N) is 1. The first-order valence-electron chi connectivity index (χ1n) is 10.8. The second-order valence-corrected chi connectivity index (χ2v) is 8.29. The van der Waals surface area contributed by atoms with Crippen LogP contribution in [0.4, 0.5) is 0 Å². The topological polar surface area (TPSA) is 69.7 Å². The number of aliphatic hydroxyl groups is 2. The van der Waals surface area contributed by atoms with Crippen molar-refractivity contribution < 1.29 is 10.2 Å². The van der Waals surface area contributed by atoms with Crippen molar-refractivity contribution in [2.45, 2.75) is 117 Å². The van der Waals surface area contributed by atoms with Gasteiger partial charge in [0.1, 0.15) is 0 Å². The van der Waals surface area contributed by atoms with E-state index < -0.39 is 5.17 Å². The standard InChI is InChI=1S/C20H41NOS.CH3NOS/c1-4-5-6-7-8-9-10-11-12-13-14-15-16-17-18-21(19(2)3)20(22)23;2-1(3)4/h19H,4-18H2,1-3H3,(H,22,23);(H3,2,3,4). The molecule has 0 rings (SSSR count). The van der Waals surface area contributed by atoms with E-state index in [9.17, 15) is 5.11 Å². The average molecular weight is 421 g/mol. The van der Waals surface area contributed by atoms with E-state index in [1.807, 2.05) is 4.90 Å². The van der Waals surface area contributed by atoms with Crippen LogP contribution in [0.3, 0.4) is 0 Å². The van der Waals surface area contributed by atoms with E-state index in [4.69, 9.17) is 17.3 Å². The SMILES string of the molecule is CCCCCCCCCCCCCCCCN(C(O)=S)C(C)C.NC(O)=S. The van der Waals surface area contributed by atoms with Gasteiger partial charge in [-0.05, 0) is 44.7 Å². The molecule has 27 heavy (non-hydrogen) atoms. The van der Waals surface area contributed by atoms with Crippen molar-refractivity contribution in [1.82, 2.24) is 4.90 Å².